The van der Waals surface area contributed by atoms with Gasteiger partial charge in [-0.15, -0.1) is 0 Å². The van der Waals surface area contributed by atoms with E-state index in [2.05, 4.69) is 10.3 Å². The predicted molar refractivity (Wildman–Crippen MR) is 51.4 cm³/mol. The van der Waals surface area contributed by atoms with Gasteiger partial charge in [-0.1, -0.05) is 11.6 Å². The van der Waals surface area contributed by atoms with Crippen LogP contribution in [0.5, 0.6) is 0 Å². The molecule has 0 fully saturated rings. The average molecular weight is 186 g/mol. The third-order valence-corrected chi connectivity index (χ3v) is 1.65. The van der Waals surface area contributed by atoms with Gasteiger partial charge in [0, 0.05) is 18.8 Å². The molecular weight excluding hydrogens is 174 g/mol. The van der Waals surface area contributed by atoms with Crippen molar-refractivity contribution in [1.29, 1.82) is 0 Å². The van der Waals surface area contributed by atoms with Crippen LogP contribution in [0.15, 0.2) is 18.3 Å². The first-order chi connectivity index (χ1) is 5.70. The van der Waals surface area contributed by atoms with Crippen LogP contribution in [0.4, 0.5) is 5.82 Å². The van der Waals surface area contributed by atoms with Crippen molar-refractivity contribution >= 4 is 17.4 Å². The highest BCUT2D eigenvalue weighted by Crippen LogP contribution is 2.16. The normalized spacial score (nSPS) is 12.6. The van der Waals surface area contributed by atoms with Gasteiger partial charge in [0.15, 0.2) is 0 Å². The van der Waals surface area contributed by atoms with E-state index in [1.165, 1.54) is 0 Å². The monoisotopic (exact) mass is 185 g/mol. The SMILES string of the molecule is C[C@H](N)CNc1ncccc1Cl. The lowest BCUT2D eigenvalue weighted by atomic mass is 10.3. The molecule has 0 spiro atoms. The highest BCUT2D eigenvalue weighted by molar-refractivity contribution is 6.32. The number of nitrogens with two attached hydrogens (primary N) is 1. The summed E-state index contributed by atoms with van der Waals surface area (Å²) in [5.74, 6) is 0.691. The van der Waals surface area contributed by atoms with Crippen LogP contribution >= 0.6 is 11.6 Å². The highest BCUT2D eigenvalue weighted by Gasteiger charge is 1.99. The van der Waals surface area contributed by atoms with Gasteiger partial charge in [0.1, 0.15) is 5.82 Å². The lowest BCUT2D eigenvalue weighted by Crippen LogP contribution is -2.25. The molecular formula is C8H12ClN3. The van der Waals surface area contributed by atoms with E-state index < -0.39 is 0 Å². The van der Waals surface area contributed by atoms with Crippen LogP contribution in [0.3, 0.4) is 0 Å². The summed E-state index contributed by atoms with van der Waals surface area (Å²) in [6.45, 7) is 2.60. The summed E-state index contributed by atoms with van der Waals surface area (Å²) >= 11 is 5.84. The Kier molecular flexibility index (Phi) is 3.31. The summed E-state index contributed by atoms with van der Waals surface area (Å²) in [7, 11) is 0. The lowest BCUT2D eigenvalue weighted by molar-refractivity contribution is 0.777. The van der Waals surface area contributed by atoms with Gasteiger partial charge < -0.3 is 11.1 Å². The fourth-order valence-electron chi connectivity index (χ4n) is 0.773. The van der Waals surface area contributed by atoms with E-state index in [9.17, 15) is 0 Å². The molecule has 0 unspecified atom stereocenters. The molecule has 1 heterocycles. The molecule has 1 aromatic rings. The fraction of sp³-hybridized carbons (Fsp3) is 0.375. The molecule has 1 atom stereocenters. The molecule has 0 bridgehead atoms. The van der Waals surface area contributed by atoms with Crippen LogP contribution in [0.25, 0.3) is 0 Å². The quantitative estimate of drug-likeness (QED) is 0.751. The van der Waals surface area contributed by atoms with Gasteiger partial charge in [-0.05, 0) is 19.1 Å². The van der Waals surface area contributed by atoms with Crippen molar-refractivity contribution in [3.05, 3.63) is 23.4 Å². The number of nitrogens with zero attached hydrogens (tertiary/aromatic N) is 1. The van der Waals surface area contributed by atoms with Gasteiger partial charge in [0.25, 0.3) is 0 Å². The van der Waals surface area contributed by atoms with Crippen molar-refractivity contribution in [1.82, 2.24) is 4.98 Å². The van der Waals surface area contributed by atoms with Crippen LogP contribution in [0, 0.1) is 0 Å². The Labute approximate surface area is 76.9 Å². The number of hydrogen-bond donors (Lipinski definition) is 2. The fourth-order valence-corrected chi connectivity index (χ4v) is 0.962. The van der Waals surface area contributed by atoms with Crippen LogP contribution in [0.2, 0.25) is 5.02 Å². The summed E-state index contributed by atoms with van der Waals surface area (Å²) in [5.41, 5.74) is 5.56. The molecule has 0 saturated heterocycles. The Morgan fingerprint density at radius 1 is 1.75 bits per heavy atom. The number of rotatable bonds is 3. The van der Waals surface area contributed by atoms with Gasteiger partial charge in [-0.3, -0.25) is 0 Å². The van der Waals surface area contributed by atoms with E-state index in [0.29, 0.717) is 17.4 Å². The van der Waals surface area contributed by atoms with Crippen LogP contribution in [-0.2, 0) is 0 Å². The summed E-state index contributed by atoms with van der Waals surface area (Å²) < 4.78 is 0. The second-order valence-electron chi connectivity index (χ2n) is 2.69. The van der Waals surface area contributed by atoms with E-state index in [1.54, 1.807) is 18.3 Å². The smallest absolute Gasteiger partial charge is 0.144 e. The molecule has 66 valence electrons. The number of aromatic nitrogens is 1. The number of halogens is 1. The first kappa shape index (κ1) is 9.29. The largest absolute Gasteiger partial charge is 0.367 e. The molecule has 0 aliphatic carbocycles. The van der Waals surface area contributed by atoms with Crippen molar-refractivity contribution in [2.24, 2.45) is 5.73 Å². The number of anilines is 1. The highest BCUT2D eigenvalue weighted by atomic mass is 35.5. The van der Waals surface area contributed by atoms with E-state index in [4.69, 9.17) is 17.3 Å². The molecule has 12 heavy (non-hydrogen) atoms. The molecule has 0 aliphatic rings. The van der Waals surface area contributed by atoms with Crippen molar-refractivity contribution in [2.45, 2.75) is 13.0 Å². The Bertz CT molecular complexity index is 250. The second kappa shape index (κ2) is 4.28. The Morgan fingerprint density at radius 3 is 3.08 bits per heavy atom. The topological polar surface area (TPSA) is 50.9 Å². The number of hydrogen-bond acceptors (Lipinski definition) is 3. The maximum atomic E-state index is 5.84. The zero-order valence-corrected chi connectivity index (χ0v) is 7.67. The maximum Gasteiger partial charge on any atom is 0.144 e. The van der Waals surface area contributed by atoms with Crippen LogP contribution in [0.1, 0.15) is 6.92 Å². The molecule has 3 N–H and O–H groups in total. The molecule has 4 heteroatoms. The van der Waals surface area contributed by atoms with Crippen molar-refractivity contribution in [3.63, 3.8) is 0 Å². The zero-order valence-electron chi connectivity index (χ0n) is 6.92. The molecule has 0 aromatic carbocycles. The van der Waals surface area contributed by atoms with Crippen molar-refractivity contribution < 1.29 is 0 Å². The molecule has 0 amide bonds. The third-order valence-electron chi connectivity index (χ3n) is 1.35. The van der Waals surface area contributed by atoms with Crippen LogP contribution in [-0.4, -0.2) is 17.6 Å². The Hall–Kier alpha value is -0.800. The van der Waals surface area contributed by atoms with Gasteiger partial charge in [0.05, 0.1) is 5.02 Å². The van der Waals surface area contributed by atoms with Gasteiger partial charge >= 0.3 is 0 Å². The van der Waals surface area contributed by atoms with Crippen LogP contribution < -0.4 is 11.1 Å². The second-order valence-corrected chi connectivity index (χ2v) is 3.10. The molecule has 3 nitrogen and oxygen atoms in total. The average Bonchev–Trinajstić information content (AvgIpc) is 2.03. The van der Waals surface area contributed by atoms with E-state index in [-0.39, 0.29) is 6.04 Å². The lowest BCUT2D eigenvalue weighted by Gasteiger charge is -2.08. The standard InChI is InChI=1S/C8H12ClN3/c1-6(10)5-12-8-7(9)3-2-4-11-8/h2-4,6H,5,10H2,1H3,(H,11,12)/t6-/m0/s1. The van der Waals surface area contributed by atoms with Gasteiger partial charge in [0.2, 0.25) is 0 Å². The third kappa shape index (κ3) is 2.68. The minimum absolute atomic E-state index is 0.100. The van der Waals surface area contributed by atoms with Gasteiger partial charge in [-0.2, -0.15) is 0 Å². The zero-order chi connectivity index (χ0) is 8.97. The Balaban J connectivity index is 2.57. The van der Waals surface area contributed by atoms with Crippen molar-refractivity contribution in [3.8, 4) is 0 Å². The maximum absolute atomic E-state index is 5.84. The summed E-state index contributed by atoms with van der Waals surface area (Å²) in [6, 6.07) is 3.68. The Morgan fingerprint density at radius 2 is 2.50 bits per heavy atom. The summed E-state index contributed by atoms with van der Waals surface area (Å²) in [6.07, 6.45) is 1.69. The first-order valence-electron chi connectivity index (χ1n) is 3.80. The molecule has 0 radical (unpaired) electrons. The molecule has 0 saturated carbocycles. The predicted octanol–water partition coefficient (Wildman–Crippen LogP) is 1.49. The summed E-state index contributed by atoms with van der Waals surface area (Å²) in [4.78, 5) is 4.05. The number of pyridine rings is 1. The minimum atomic E-state index is 0.100. The molecule has 1 rings (SSSR count). The summed E-state index contributed by atoms with van der Waals surface area (Å²) in [5, 5.41) is 3.67. The van der Waals surface area contributed by atoms with E-state index in [0.717, 1.165) is 0 Å². The number of nitrogens with one attached hydrogen (secondary N) is 1. The minimum Gasteiger partial charge on any atom is -0.367 e. The van der Waals surface area contributed by atoms with Crippen molar-refractivity contribution in [2.75, 3.05) is 11.9 Å². The first-order valence-corrected chi connectivity index (χ1v) is 4.18. The van der Waals surface area contributed by atoms with E-state index in [1.807, 2.05) is 6.92 Å². The van der Waals surface area contributed by atoms with Gasteiger partial charge in [-0.25, -0.2) is 4.98 Å². The molecule has 1 aromatic heterocycles. The molecule has 0 aliphatic heterocycles. The van der Waals surface area contributed by atoms with E-state index >= 15 is 0 Å².